The van der Waals surface area contributed by atoms with Crippen molar-refractivity contribution in [2.24, 2.45) is 5.41 Å². The molecular weight excluding hydrogens is 396 g/mol. The number of hydroxylamine groups is 4. The summed E-state index contributed by atoms with van der Waals surface area (Å²) in [6, 6.07) is 4.09. The number of aryl methyl sites for hydroxylation is 3. The highest BCUT2D eigenvalue weighted by Crippen LogP contribution is 2.45. The first kappa shape index (κ1) is 22.4. The van der Waals surface area contributed by atoms with Crippen molar-refractivity contribution < 1.29 is 24.0 Å². The number of ether oxygens (including phenoxy) is 1. The van der Waals surface area contributed by atoms with Gasteiger partial charge in [-0.3, -0.25) is 14.4 Å². The van der Waals surface area contributed by atoms with E-state index in [1.807, 2.05) is 38.0 Å². The number of benzene rings is 1. The van der Waals surface area contributed by atoms with E-state index in [9.17, 15) is 9.59 Å². The quantitative estimate of drug-likeness (QED) is 0.647. The van der Waals surface area contributed by atoms with Crippen LogP contribution in [0.5, 0.6) is 0 Å². The normalized spacial score (nSPS) is 25.3. The lowest BCUT2D eigenvalue weighted by Crippen LogP contribution is -2.57. The molecule has 3 saturated heterocycles. The molecular formula is C24H34N2O5. The van der Waals surface area contributed by atoms with Gasteiger partial charge in [-0.25, -0.2) is 5.06 Å². The number of carbonyl (C=O) groups is 2. The maximum Gasteiger partial charge on any atom is 0.262 e. The monoisotopic (exact) mass is 430 g/mol. The van der Waals surface area contributed by atoms with Gasteiger partial charge in [0.05, 0.1) is 26.9 Å². The number of piperidine rings is 1. The number of nitrogens with zero attached hydrogens (tertiary/aromatic N) is 2. The van der Waals surface area contributed by atoms with E-state index in [-0.39, 0.29) is 17.1 Å². The summed E-state index contributed by atoms with van der Waals surface area (Å²) in [6.07, 6.45) is 1.91. The van der Waals surface area contributed by atoms with Crippen LogP contribution < -0.4 is 0 Å². The lowest BCUT2D eigenvalue weighted by Gasteiger charge is -2.45. The molecule has 170 valence electrons. The molecule has 3 heterocycles. The first-order valence-electron chi connectivity index (χ1n) is 11.2. The molecule has 0 aliphatic carbocycles. The fourth-order valence-electron chi connectivity index (χ4n) is 5.37. The molecule has 1 aromatic rings. The minimum atomic E-state index is -0.944. The van der Waals surface area contributed by atoms with Crippen molar-refractivity contribution in [3.8, 4) is 0 Å². The molecule has 0 saturated carbocycles. The molecule has 0 N–H and O–H groups in total. The predicted molar refractivity (Wildman–Crippen MR) is 115 cm³/mol. The second-order valence-electron chi connectivity index (χ2n) is 9.51. The summed E-state index contributed by atoms with van der Waals surface area (Å²) in [7, 11) is 1.64. The molecule has 3 aliphatic heterocycles. The van der Waals surface area contributed by atoms with Crippen LogP contribution in [-0.2, 0) is 24.0 Å². The molecule has 7 nitrogen and oxygen atoms in total. The second kappa shape index (κ2) is 8.28. The standard InChI is InChI=1S/C24H34N2O5/c1-6-23(13-30-14-23)15-31-26-22(28)20(19-17(3)11-16(2)12-18(19)4)21(27)24(26)7-9-25(29-5)10-8-24/h11-12,20H,6-10,13-15H2,1-5H3. The van der Waals surface area contributed by atoms with Crippen molar-refractivity contribution in [1.29, 1.82) is 0 Å². The molecule has 3 aliphatic rings. The number of carbonyl (C=O) groups excluding carboxylic acids is 2. The van der Waals surface area contributed by atoms with E-state index < -0.39 is 11.5 Å². The average Bonchev–Trinajstić information content (AvgIpc) is 2.89. The van der Waals surface area contributed by atoms with Crippen LogP contribution >= 0.6 is 0 Å². The highest BCUT2D eigenvalue weighted by atomic mass is 16.7. The molecule has 1 amide bonds. The Hall–Kier alpha value is -1.80. The van der Waals surface area contributed by atoms with Gasteiger partial charge in [-0.2, -0.15) is 5.06 Å². The zero-order valence-electron chi connectivity index (χ0n) is 19.3. The van der Waals surface area contributed by atoms with Crippen LogP contribution in [0, 0.1) is 26.2 Å². The lowest BCUT2D eigenvalue weighted by atomic mass is 9.78. The minimum Gasteiger partial charge on any atom is -0.380 e. The zero-order chi connectivity index (χ0) is 22.4. The van der Waals surface area contributed by atoms with E-state index in [1.54, 1.807) is 7.11 Å². The number of amides is 1. The van der Waals surface area contributed by atoms with Gasteiger partial charge < -0.3 is 9.57 Å². The van der Waals surface area contributed by atoms with Crippen molar-refractivity contribution in [2.75, 3.05) is 40.0 Å². The number of hydrogen-bond acceptors (Lipinski definition) is 6. The number of ketones is 1. The van der Waals surface area contributed by atoms with Crippen LogP contribution in [0.2, 0.25) is 0 Å². The highest BCUT2D eigenvalue weighted by Gasteiger charge is 2.61. The summed E-state index contributed by atoms with van der Waals surface area (Å²) in [6.45, 7) is 10.9. The van der Waals surface area contributed by atoms with E-state index in [2.05, 4.69) is 6.92 Å². The molecule has 7 heteroatoms. The molecule has 1 aromatic carbocycles. The van der Waals surface area contributed by atoms with Gasteiger partial charge in [0.25, 0.3) is 5.91 Å². The van der Waals surface area contributed by atoms with E-state index in [4.69, 9.17) is 14.4 Å². The van der Waals surface area contributed by atoms with Crippen molar-refractivity contribution in [3.63, 3.8) is 0 Å². The van der Waals surface area contributed by atoms with Gasteiger partial charge >= 0.3 is 0 Å². The third kappa shape index (κ3) is 3.61. The fraction of sp³-hybridized carbons (Fsp3) is 0.667. The van der Waals surface area contributed by atoms with Crippen molar-refractivity contribution >= 4 is 11.7 Å². The van der Waals surface area contributed by atoms with Crippen LogP contribution in [0.15, 0.2) is 12.1 Å². The molecule has 3 fully saturated rings. The van der Waals surface area contributed by atoms with Crippen LogP contribution in [0.4, 0.5) is 0 Å². The summed E-state index contributed by atoms with van der Waals surface area (Å²) in [4.78, 5) is 39.3. The molecule has 4 rings (SSSR count). The average molecular weight is 431 g/mol. The molecule has 31 heavy (non-hydrogen) atoms. The Bertz CT molecular complexity index is 842. The van der Waals surface area contributed by atoms with Crippen molar-refractivity contribution in [2.45, 2.75) is 58.4 Å². The summed E-state index contributed by atoms with van der Waals surface area (Å²) in [5.74, 6) is -1.10. The van der Waals surface area contributed by atoms with Crippen LogP contribution in [0.1, 0.15) is 54.4 Å². The van der Waals surface area contributed by atoms with Gasteiger partial charge in [0, 0.05) is 18.5 Å². The number of Topliss-reactive ketones (excluding diaryl/α,β-unsaturated/α-hetero) is 1. The van der Waals surface area contributed by atoms with Gasteiger partial charge in [0.2, 0.25) is 0 Å². The van der Waals surface area contributed by atoms with E-state index in [0.29, 0.717) is 45.8 Å². The topological polar surface area (TPSA) is 68.3 Å². The Morgan fingerprint density at radius 1 is 1.10 bits per heavy atom. The van der Waals surface area contributed by atoms with Crippen molar-refractivity contribution in [1.82, 2.24) is 10.1 Å². The third-order valence-corrected chi connectivity index (χ3v) is 7.46. The smallest absolute Gasteiger partial charge is 0.262 e. The minimum absolute atomic E-state index is 0.0429. The first-order valence-corrected chi connectivity index (χ1v) is 11.2. The number of hydrogen-bond donors (Lipinski definition) is 0. The first-order chi connectivity index (χ1) is 14.8. The van der Waals surface area contributed by atoms with Crippen LogP contribution in [0.3, 0.4) is 0 Å². The van der Waals surface area contributed by atoms with E-state index >= 15 is 0 Å². The van der Waals surface area contributed by atoms with Gasteiger partial charge in [-0.1, -0.05) is 24.6 Å². The molecule has 1 spiro atoms. The predicted octanol–water partition coefficient (Wildman–Crippen LogP) is 2.86. The number of rotatable bonds is 6. The van der Waals surface area contributed by atoms with Crippen molar-refractivity contribution in [3.05, 3.63) is 34.4 Å². The maximum atomic E-state index is 13.9. The molecule has 1 unspecified atom stereocenters. The molecule has 0 aromatic heterocycles. The third-order valence-electron chi connectivity index (χ3n) is 7.46. The van der Waals surface area contributed by atoms with Crippen LogP contribution in [0.25, 0.3) is 0 Å². The largest absolute Gasteiger partial charge is 0.380 e. The van der Waals surface area contributed by atoms with Gasteiger partial charge in [0.1, 0.15) is 11.5 Å². The Kier molecular flexibility index (Phi) is 5.98. The second-order valence-corrected chi connectivity index (χ2v) is 9.51. The van der Waals surface area contributed by atoms with E-state index in [1.165, 1.54) is 5.06 Å². The van der Waals surface area contributed by atoms with Gasteiger partial charge in [-0.05, 0) is 56.7 Å². The lowest BCUT2D eigenvalue weighted by molar-refractivity contribution is -0.259. The summed E-state index contributed by atoms with van der Waals surface area (Å²) in [5, 5.41) is 3.28. The summed E-state index contributed by atoms with van der Waals surface area (Å²) >= 11 is 0. The molecule has 0 bridgehead atoms. The van der Waals surface area contributed by atoms with Crippen LogP contribution in [-0.4, -0.2) is 67.4 Å². The molecule has 1 atom stereocenters. The summed E-state index contributed by atoms with van der Waals surface area (Å²) < 4.78 is 5.42. The van der Waals surface area contributed by atoms with Gasteiger partial charge in [0.15, 0.2) is 5.78 Å². The Morgan fingerprint density at radius 3 is 2.19 bits per heavy atom. The Morgan fingerprint density at radius 2 is 1.71 bits per heavy atom. The molecule has 0 radical (unpaired) electrons. The zero-order valence-corrected chi connectivity index (χ0v) is 19.3. The Labute approximate surface area is 184 Å². The summed E-state index contributed by atoms with van der Waals surface area (Å²) in [5.41, 5.74) is 2.90. The SMILES string of the molecule is CCC1(CON2C(=O)C(c3c(C)cc(C)cc3C)C(=O)C23CCN(OC)CC3)COC1. The van der Waals surface area contributed by atoms with E-state index in [0.717, 1.165) is 28.7 Å². The maximum absolute atomic E-state index is 13.9. The highest BCUT2D eigenvalue weighted by molar-refractivity contribution is 6.17. The van der Waals surface area contributed by atoms with Gasteiger partial charge in [-0.15, -0.1) is 0 Å². The Balaban J connectivity index is 1.69. The fourth-order valence-corrected chi connectivity index (χ4v) is 5.37.